The molecule has 0 spiro atoms. The van der Waals surface area contributed by atoms with Crippen molar-refractivity contribution in [3.63, 3.8) is 0 Å². The lowest BCUT2D eigenvalue weighted by Crippen LogP contribution is -2.21. The first-order valence-electron chi connectivity index (χ1n) is 9.86. The third-order valence-electron chi connectivity index (χ3n) is 5.27. The number of benzene rings is 2. The van der Waals surface area contributed by atoms with Gasteiger partial charge in [0.05, 0.1) is 6.10 Å². The van der Waals surface area contributed by atoms with Crippen molar-refractivity contribution in [3.8, 4) is 0 Å². The number of hydrogen-bond acceptors (Lipinski definition) is 3. The van der Waals surface area contributed by atoms with Crippen molar-refractivity contribution in [1.82, 2.24) is 9.88 Å². The van der Waals surface area contributed by atoms with Gasteiger partial charge in [-0.25, -0.2) is 4.79 Å². The van der Waals surface area contributed by atoms with E-state index in [1.54, 1.807) is 6.08 Å². The van der Waals surface area contributed by atoms with Crippen molar-refractivity contribution in [2.45, 2.75) is 32.9 Å². The fourth-order valence-electron chi connectivity index (χ4n) is 3.53. The zero-order valence-electron chi connectivity index (χ0n) is 16.9. The van der Waals surface area contributed by atoms with Crippen LogP contribution in [0.4, 0.5) is 0 Å². The minimum Gasteiger partial charge on any atom is -0.478 e. The molecule has 5 heteroatoms. The van der Waals surface area contributed by atoms with Crippen LogP contribution in [0.5, 0.6) is 0 Å². The van der Waals surface area contributed by atoms with Gasteiger partial charge in [-0.15, -0.1) is 0 Å². The number of nitrogens with one attached hydrogen (secondary N) is 1. The summed E-state index contributed by atoms with van der Waals surface area (Å²) in [6, 6.07) is 16.2. The van der Waals surface area contributed by atoms with Crippen molar-refractivity contribution in [3.05, 3.63) is 77.0 Å². The molecule has 0 aliphatic carbocycles. The number of carboxylic acids is 1. The van der Waals surface area contributed by atoms with Crippen LogP contribution in [0.2, 0.25) is 0 Å². The molecule has 152 valence electrons. The molecule has 1 unspecified atom stereocenters. The Hall–Kier alpha value is -2.89. The monoisotopic (exact) mass is 392 g/mol. The lowest BCUT2D eigenvalue weighted by atomic mass is 10.1. The molecule has 0 saturated carbocycles. The molecular formula is C24H28N2O3. The highest BCUT2D eigenvalue weighted by Crippen LogP contribution is 2.19. The minimum absolute atomic E-state index is 0.192. The first-order valence-corrected chi connectivity index (χ1v) is 9.86. The van der Waals surface area contributed by atoms with E-state index in [9.17, 15) is 9.90 Å². The van der Waals surface area contributed by atoms with Gasteiger partial charge >= 0.3 is 5.97 Å². The van der Waals surface area contributed by atoms with Gasteiger partial charge in [-0.3, -0.25) is 4.90 Å². The molecule has 1 fully saturated rings. The van der Waals surface area contributed by atoms with Crippen molar-refractivity contribution < 1.29 is 15.0 Å². The highest BCUT2D eigenvalue weighted by molar-refractivity contribution is 5.85. The van der Waals surface area contributed by atoms with E-state index in [4.69, 9.17) is 5.11 Å². The Bertz CT molecular complexity index is 989. The molecule has 3 aromatic rings. The second-order valence-corrected chi connectivity index (χ2v) is 7.51. The summed E-state index contributed by atoms with van der Waals surface area (Å²) >= 11 is 0. The number of hydrogen-bond donors (Lipinski definition) is 3. The molecule has 2 aromatic carbocycles. The zero-order valence-corrected chi connectivity index (χ0v) is 16.9. The maximum atomic E-state index is 10.4. The number of aliphatic carboxylic acids is 1. The Labute approximate surface area is 171 Å². The Kier molecular flexibility index (Phi) is 6.86. The van der Waals surface area contributed by atoms with Gasteiger partial charge in [-0.1, -0.05) is 42.5 Å². The van der Waals surface area contributed by atoms with Crippen LogP contribution in [0.25, 0.3) is 17.0 Å². The number of fused-ring (bicyclic) bond motifs is 1. The number of H-pyrrole nitrogens is 1. The largest absolute Gasteiger partial charge is 0.478 e. The molecule has 5 nitrogen and oxygen atoms in total. The summed E-state index contributed by atoms with van der Waals surface area (Å²) in [5, 5.41) is 19.3. The van der Waals surface area contributed by atoms with Crippen molar-refractivity contribution >= 4 is 22.9 Å². The van der Waals surface area contributed by atoms with Crippen molar-refractivity contribution in [1.29, 1.82) is 0 Å². The van der Waals surface area contributed by atoms with E-state index in [1.807, 2.05) is 24.3 Å². The van der Waals surface area contributed by atoms with E-state index in [2.05, 4.69) is 48.0 Å². The summed E-state index contributed by atoms with van der Waals surface area (Å²) in [6.45, 7) is 6.76. The topological polar surface area (TPSA) is 76.6 Å². The quantitative estimate of drug-likeness (QED) is 0.584. The second kappa shape index (κ2) is 9.54. The second-order valence-electron chi connectivity index (χ2n) is 7.51. The number of nitrogens with zero attached hydrogens (tertiary/aromatic N) is 1. The van der Waals surface area contributed by atoms with Gasteiger partial charge in [-0.2, -0.15) is 0 Å². The smallest absolute Gasteiger partial charge is 0.328 e. The Balaban J connectivity index is 0.000000186. The normalized spacial score (nSPS) is 16.9. The molecule has 1 atom stereocenters. The molecule has 3 N–H and O–H groups in total. The van der Waals surface area contributed by atoms with E-state index >= 15 is 0 Å². The predicted molar refractivity (Wildman–Crippen MR) is 117 cm³/mol. The first kappa shape index (κ1) is 20.8. The number of β-amino-alcohol motifs (C(OH)–C–C–N with tert-alkyl or cyclic N) is 1. The van der Waals surface area contributed by atoms with Crippen LogP contribution in [-0.2, 0) is 11.3 Å². The highest BCUT2D eigenvalue weighted by Gasteiger charge is 2.19. The van der Waals surface area contributed by atoms with Crippen LogP contribution in [0.1, 0.15) is 28.8 Å². The van der Waals surface area contributed by atoms with E-state index in [0.717, 1.165) is 37.7 Å². The zero-order chi connectivity index (χ0) is 20.8. The summed E-state index contributed by atoms with van der Waals surface area (Å²) in [6.07, 6.45) is 3.36. The van der Waals surface area contributed by atoms with Crippen molar-refractivity contribution in [2.75, 3.05) is 13.1 Å². The molecule has 0 bridgehead atoms. The predicted octanol–water partition coefficient (Wildman–Crippen LogP) is 4.14. The van der Waals surface area contributed by atoms with Gasteiger partial charge in [0.25, 0.3) is 0 Å². The molecule has 0 radical (unpaired) electrons. The number of carbonyl (C=O) groups is 1. The Morgan fingerprint density at radius 3 is 2.52 bits per heavy atom. The van der Waals surface area contributed by atoms with Crippen LogP contribution in [0.15, 0.2) is 54.6 Å². The molecule has 4 rings (SSSR count). The molecule has 1 aliphatic heterocycles. The number of aliphatic hydroxyl groups is 1. The van der Waals surface area contributed by atoms with E-state index in [0.29, 0.717) is 0 Å². The lowest BCUT2D eigenvalue weighted by molar-refractivity contribution is -0.131. The Morgan fingerprint density at radius 2 is 1.90 bits per heavy atom. The molecule has 2 heterocycles. The highest BCUT2D eigenvalue weighted by atomic mass is 16.4. The standard InChI is InChI=1S/C14H17NO3.C10H11N/c16-13-7-8-15(10-13)9-12-3-1-11(2-4-12)5-6-14(17)18;1-7-8(2)11-10-6-4-3-5-9(7)10/h1-6,13,16H,7-10H2,(H,17,18);3-6,11H,1-2H3/b6-5+;. The summed E-state index contributed by atoms with van der Waals surface area (Å²) in [5.74, 6) is -0.940. The fraction of sp³-hybridized carbons (Fsp3) is 0.292. The van der Waals surface area contributed by atoms with E-state index < -0.39 is 5.97 Å². The number of carboxylic acid groups (broad SMARTS) is 1. The number of aryl methyl sites for hydroxylation is 2. The fourth-order valence-corrected chi connectivity index (χ4v) is 3.53. The molecule has 1 aromatic heterocycles. The van der Waals surface area contributed by atoms with Gasteiger partial charge in [0.2, 0.25) is 0 Å². The molecular weight excluding hydrogens is 364 g/mol. The third kappa shape index (κ3) is 5.79. The Morgan fingerprint density at radius 1 is 1.17 bits per heavy atom. The van der Waals surface area contributed by atoms with Crippen LogP contribution >= 0.6 is 0 Å². The van der Waals surface area contributed by atoms with Gasteiger partial charge in [-0.05, 0) is 49.1 Å². The maximum Gasteiger partial charge on any atom is 0.328 e. The number of para-hydroxylation sites is 1. The average Bonchev–Trinajstić information content (AvgIpc) is 3.24. The van der Waals surface area contributed by atoms with Crippen molar-refractivity contribution in [2.24, 2.45) is 0 Å². The molecule has 1 aliphatic rings. The van der Waals surface area contributed by atoms with Crippen LogP contribution in [0, 0.1) is 13.8 Å². The number of likely N-dealkylation sites (tertiary alicyclic amines) is 1. The number of rotatable bonds is 4. The van der Waals surface area contributed by atoms with Crippen LogP contribution < -0.4 is 0 Å². The summed E-state index contributed by atoms with van der Waals surface area (Å²) in [4.78, 5) is 15.9. The molecule has 1 saturated heterocycles. The maximum absolute atomic E-state index is 10.4. The van der Waals surface area contributed by atoms with Gasteiger partial charge in [0.15, 0.2) is 0 Å². The van der Waals surface area contributed by atoms with E-state index in [-0.39, 0.29) is 6.10 Å². The van der Waals surface area contributed by atoms with Gasteiger partial charge in [0.1, 0.15) is 0 Å². The SMILES string of the molecule is Cc1[nH]c2ccccc2c1C.O=C(O)/C=C/c1ccc(CN2CCC(O)C2)cc1. The minimum atomic E-state index is -0.940. The van der Waals surface area contributed by atoms with Crippen LogP contribution in [0.3, 0.4) is 0 Å². The molecule has 0 amide bonds. The average molecular weight is 392 g/mol. The number of aliphatic hydroxyl groups excluding tert-OH is 1. The summed E-state index contributed by atoms with van der Waals surface area (Å²) in [5.41, 5.74) is 5.92. The van der Waals surface area contributed by atoms with Gasteiger partial charge in [0, 0.05) is 42.3 Å². The van der Waals surface area contributed by atoms with Gasteiger partial charge < -0.3 is 15.2 Å². The van der Waals surface area contributed by atoms with Crippen LogP contribution in [-0.4, -0.2) is 45.3 Å². The number of aromatic nitrogens is 1. The first-order chi connectivity index (χ1) is 13.9. The third-order valence-corrected chi connectivity index (χ3v) is 5.27. The summed E-state index contributed by atoms with van der Waals surface area (Å²) < 4.78 is 0. The summed E-state index contributed by atoms with van der Waals surface area (Å²) in [7, 11) is 0. The lowest BCUT2D eigenvalue weighted by Gasteiger charge is -2.14. The molecule has 29 heavy (non-hydrogen) atoms. The number of aromatic amines is 1. The van der Waals surface area contributed by atoms with E-state index in [1.165, 1.54) is 27.7 Å².